The highest BCUT2D eigenvalue weighted by Crippen LogP contribution is 2.33. The minimum Gasteiger partial charge on any atom is -0.454 e. The van der Waals surface area contributed by atoms with Gasteiger partial charge in [-0.3, -0.25) is 4.79 Å². The molecule has 1 saturated heterocycles. The van der Waals surface area contributed by atoms with Crippen LogP contribution >= 0.6 is 0 Å². The van der Waals surface area contributed by atoms with E-state index < -0.39 is 0 Å². The third-order valence-corrected chi connectivity index (χ3v) is 4.38. The maximum absolute atomic E-state index is 12.0. The monoisotopic (exact) mass is 344 g/mol. The smallest absolute Gasteiger partial charge is 0.231 e. The fraction of sp³-hybridized carbons (Fsp3) is 0.444. The van der Waals surface area contributed by atoms with Crippen LogP contribution in [0.25, 0.3) is 0 Å². The molecule has 1 aromatic carbocycles. The number of benzene rings is 1. The van der Waals surface area contributed by atoms with Crippen LogP contribution in [0.4, 0.5) is 0 Å². The molecular weight excluding hydrogens is 324 g/mol. The van der Waals surface area contributed by atoms with Gasteiger partial charge in [-0.15, -0.1) is 0 Å². The molecule has 4 rings (SSSR count). The molecule has 1 fully saturated rings. The summed E-state index contributed by atoms with van der Waals surface area (Å²) in [6, 6.07) is 7.60. The number of carbonyl (C=O) groups is 1. The number of carbonyl (C=O) groups excluding carboxylic acids is 1. The molecule has 7 heteroatoms. The average Bonchev–Trinajstić information content (AvgIpc) is 3.35. The number of amides is 1. The Labute approximate surface area is 145 Å². The van der Waals surface area contributed by atoms with Crippen LogP contribution in [0.1, 0.15) is 23.4 Å². The number of rotatable bonds is 6. The van der Waals surface area contributed by atoms with Crippen LogP contribution in [-0.2, 0) is 22.4 Å². The Morgan fingerprint density at radius 1 is 1.24 bits per heavy atom. The number of nitrogens with zero attached hydrogens (tertiary/aromatic N) is 1. The Kier molecular flexibility index (Phi) is 4.56. The lowest BCUT2D eigenvalue weighted by atomic mass is 10.1. The molecule has 7 nitrogen and oxygen atoms in total. The number of hydrogen-bond acceptors (Lipinski definition) is 6. The van der Waals surface area contributed by atoms with Crippen LogP contribution in [0.15, 0.2) is 28.8 Å². The van der Waals surface area contributed by atoms with E-state index in [1.165, 1.54) is 0 Å². The van der Waals surface area contributed by atoms with Gasteiger partial charge in [0.25, 0.3) is 0 Å². The van der Waals surface area contributed by atoms with Gasteiger partial charge in [-0.25, -0.2) is 0 Å². The van der Waals surface area contributed by atoms with E-state index in [2.05, 4.69) is 10.5 Å². The van der Waals surface area contributed by atoms with Gasteiger partial charge in [-0.2, -0.15) is 0 Å². The molecule has 1 unspecified atom stereocenters. The van der Waals surface area contributed by atoms with E-state index in [1.807, 2.05) is 24.3 Å². The highest BCUT2D eigenvalue weighted by Gasteiger charge is 2.18. The van der Waals surface area contributed by atoms with Crippen molar-refractivity contribution in [2.75, 3.05) is 26.6 Å². The third-order valence-electron chi connectivity index (χ3n) is 4.38. The van der Waals surface area contributed by atoms with Crippen LogP contribution in [0, 0.1) is 5.92 Å². The SMILES string of the molecule is O=C(Cc1cc(Cc2ccc3c(c2)OCO3)on1)NCC1CCOC1. The molecule has 2 aromatic rings. The van der Waals surface area contributed by atoms with Gasteiger partial charge in [0.1, 0.15) is 5.76 Å². The predicted octanol–water partition coefficient (Wildman–Crippen LogP) is 1.69. The first-order chi connectivity index (χ1) is 12.3. The second kappa shape index (κ2) is 7.14. The summed E-state index contributed by atoms with van der Waals surface area (Å²) in [7, 11) is 0. The highest BCUT2D eigenvalue weighted by molar-refractivity contribution is 5.78. The predicted molar refractivity (Wildman–Crippen MR) is 87.5 cm³/mol. The number of aromatic nitrogens is 1. The maximum atomic E-state index is 12.0. The van der Waals surface area contributed by atoms with E-state index in [9.17, 15) is 4.79 Å². The van der Waals surface area contributed by atoms with Gasteiger partial charge in [0.05, 0.1) is 18.7 Å². The van der Waals surface area contributed by atoms with Crippen LogP contribution in [0.2, 0.25) is 0 Å². The summed E-state index contributed by atoms with van der Waals surface area (Å²) < 4.78 is 21.3. The maximum Gasteiger partial charge on any atom is 0.231 e. The Bertz CT molecular complexity index is 752. The minimum atomic E-state index is -0.0465. The molecule has 132 valence electrons. The van der Waals surface area contributed by atoms with Crippen LogP contribution in [0.5, 0.6) is 11.5 Å². The van der Waals surface area contributed by atoms with Gasteiger partial charge in [0.2, 0.25) is 12.7 Å². The van der Waals surface area contributed by atoms with Crippen molar-refractivity contribution in [2.24, 2.45) is 5.92 Å². The van der Waals surface area contributed by atoms with Crippen molar-refractivity contribution in [1.29, 1.82) is 0 Å². The second-order valence-corrected chi connectivity index (χ2v) is 6.36. The Hall–Kier alpha value is -2.54. The minimum absolute atomic E-state index is 0.0465. The lowest BCUT2D eigenvalue weighted by Crippen LogP contribution is -2.30. The van der Waals surface area contributed by atoms with Gasteiger partial charge in [0, 0.05) is 31.6 Å². The summed E-state index contributed by atoms with van der Waals surface area (Å²) in [5.74, 6) is 2.59. The molecule has 0 aliphatic carbocycles. The molecule has 1 atom stereocenters. The van der Waals surface area contributed by atoms with Crippen molar-refractivity contribution < 1.29 is 23.5 Å². The zero-order chi connectivity index (χ0) is 17.1. The first kappa shape index (κ1) is 16.0. The van der Waals surface area contributed by atoms with E-state index in [1.54, 1.807) is 0 Å². The summed E-state index contributed by atoms with van der Waals surface area (Å²) in [6.45, 7) is 2.42. The standard InChI is InChI=1S/C18H20N2O5/c21-18(19-9-13-3-4-22-10-13)8-14-7-15(25-20-14)5-12-1-2-16-17(6-12)24-11-23-16/h1-2,6-7,13H,3-5,8-11H2,(H,19,21). The third kappa shape index (κ3) is 3.93. The molecule has 3 heterocycles. The lowest BCUT2D eigenvalue weighted by Gasteiger charge is -2.08. The van der Waals surface area contributed by atoms with Gasteiger partial charge >= 0.3 is 0 Å². The Balaban J connectivity index is 1.30. The van der Waals surface area contributed by atoms with Crippen molar-refractivity contribution in [1.82, 2.24) is 10.5 Å². The van der Waals surface area contributed by atoms with Crippen LogP contribution in [-0.4, -0.2) is 37.6 Å². The molecule has 1 amide bonds. The van der Waals surface area contributed by atoms with Crippen LogP contribution < -0.4 is 14.8 Å². The molecule has 1 N–H and O–H groups in total. The lowest BCUT2D eigenvalue weighted by molar-refractivity contribution is -0.120. The Morgan fingerprint density at radius 2 is 2.16 bits per heavy atom. The number of fused-ring (bicyclic) bond motifs is 1. The molecule has 2 aliphatic rings. The molecule has 2 aliphatic heterocycles. The molecule has 0 spiro atoms. The molecule has 0 saturated carbocycles. The largest absolute Gasteiger partial charge is 0.454 e. The summed E-state index contributed by atoms with van der Waals surface area (Å²) >= 11 is 0. The van der Waals surface area contributed by atoms with Crippen LogP contribution in [0.3, 0.4) is 0 Å². The number of ether oxygens (including phenoxy) is 3. The van der Waals surface area contributed by atoms with Crippen molar-refractivity contribution >= 4 is 5.91 Å². The van der Waals surface area contributed by atoms with E-state index in [4.69, 9.17) is 18.7 Å². The summed E-state index contributed by atoms with van der Waals surface area (Å²) in [6.07, 6.45) is 1.81. The molecule has 25 heavy (non-hydrogen) atoms. The topological polar surface area (TPSA) is 82.8 Å². The first-order valence-corrected chi connectivity index (χ1v) is 8.44. The number of hydrogen-bond donors (Lipinski definition) is 1. The van der Waals surface area contributed by atoms with Crippen molar-refractivity contribution in [3.05, 3.63) is 41.3 Å². The fourth-order valence-corrected chi connectivity index (χ4v) is 3.00. The van der Waals surface area contributed by atoms with Crippen molar-refractivity contribution in [2.45, 2.75) is 19.3 Å². The first-order valence-electron chi connectivity index (χ1n) is 8.44. The quantitative estimate of drug-likeness (QED) is 0.859. The zero-order valence-electron chi connectivity index (χ0n) is 13.8. The fourth-order valence-electron chi connectivity index (χ4n) is 3.00. The van der Waals surface area contributed by atoms with E-state index >= 15 is 0 Å². The molecule has 0 bridgehead atoms. The highest BCUT2D eigenvalue weighted by atomic mass is 16.7. The second-order valence-electron chi connectivity index (χ2n) is 6.36. The summed E-state index contributed by atoms with van der Waals surface area (Å²) in [5.41, 5.74) is 1.67. The number of nitrogens with one attached hydrogen (secondary N) is 1. The Morgan fingerprint density at radius 3 is 3.04 bits per heavy atom. The van der Waals surface area contributed by atoms with E-state index in [0.717, 1.165) is 36.7 Å². The average molecular weight is 344 g/mol. The van der Waals surface area contributed by atoms with E-state index in [0.29, 0.717) is 30.3 Å². The van der Waals surface area contributed by atoms with E-state index in [-0.39, 0.29) is 19.1 Å². The summed E-state index contributed by atoms with van der Waals surface area (Å²) in [4.78, 5) is 12.0. The molecule has 0 radical (unpaired) electrons. The van der Waals surface area contributed by atoms with Gasteiger partial charge < -0.3 is 24.1 Å². The van der Waals surface area contributed by atoms with Crippen molar-refractivity contribution in [3.8, 4) is 11.5 Å². The van der Waals surface area contributed by atoms with Gasteiger partial charge in [-0.1, -0.05) is 11.2 Å². The normalized spacial score (nSPS) is 18.5. The van der Waals surface area contributed by atoms with Gasteiger partial charge in [-0.05, 0) is 24.1 Å². The summed E-state index contributed by atoms with van der Waals surface area (Å²) in [5, 5.41) is 6.92. The van der Waals surface area contributed by atoms with Crippen molar-refractivity contribution in [3.63, 3.8) is 0 Å². The molecule has 1 aromatic heterocycles. The molecular formula is C18H20N2O5. The zero-order valence-corrected chi connectivity index (χ0v) is 13.8. The van der Waals surface area contributed by atoms with Gasteiger partial charge in [0.15, 0.2) is 11.5 Å².